The topological polar surface area (TPSA) is 67.6 Å². The van der Waals surface area contributed by atoms with Gasteiger partial charge in [-0.1, -0.05) is 6.58 Å². The molecule has 5 heterocycles. The van der Waals surface area contributed by atoms with E-state index in [1.165, 1.54) is 6.20 Å². The molecule has 2 aliphatic carbocycles. The van der Waals surface area contributed by atoms with E-state index in [1.807, 2.05) is 18.5 Å². The Morgan fingerprint density at radius 1 is 1.30 bits per heavy atom. The van der Waals surface area contributed by atoms with Crippen molar-refractivity contribution in [2.24, 2.45) is 5.92 Å². The molecule has 2 saturated carbocycles. The first kappa shape index (κ1) is 16.6. The minimum atomic E-state index is -0.331. The number of piperidine rings is 1. The van der Waals surface area contributed by atoms with E-state index in [0.29, 0.717) is 18.4 Å². The summed E-state index contributed by atoms with van der Waals surface area (Å²) in [6.07, 6.45) is 8.98. The van der Waals surface area contributed by atoms with Crippen molar-refractivity contribution in [3.05, 3.63) is 54.2 Å². The highest BCUT2D eigenvalue weighted by atomic mass is 19.1. The monoisotopic (exact) mass is 404 g/mol. The molecule has 30 heavy (non-hydrogen) atoms. The lowest BCUT2D eigenvalue weighted by atomic mass is 10.0. The molecule has 0 unspecified atom stereocenters. The number of nitrogens with zero attached hydrogens (tertiary/aromatic N) is 5. The third-order valence-corrected chi connectivity index (χ3v) is 7.25. The van der Waals surface area contributed by atoms with E-state index in [2.05, 4.69) is 26.9 Å². The number of rotatable bonds is 0. The van der Waals surface area contributed by atoms with Crippen molar-refractivity contribution >= 4 is 17.2 Å². The number of ether oxygens (including phenoxy) is 1. The number of hydrogen-bond acceptors (Lipinski definition) is 6. The minimum absolute atomic E-state index is 0.180. The number of hydrogen-bond donors (Lipinski definition) is 1. The van der Waals surface area contributed by atoms with Gasteiger partial charge < -0.3 is 15.0 Å². The molecular formula is C22H21FN6O. The molecule has 1 N–H and O–H groups in total. The van der Waals surface area contributed by atoms with Crippen LogP contribution in [0.3, 0.4) is 0 Å². The van der Waals surface area contributed by atoms with E-state index in [9.17, 15) is 4.39 Å². The van der Waals surface area contributed by atoms with Crippen molar-refractivity contribution in [3.8, 4) is 5.88 Å². The number of fused-ring (bicyclic) bond motifs is 3. The maximum absolute atomic E-state index is 14.3. The summed E-state index contributed by atoms with van der Waals surface area (Å²) in [5.74, 6) is 1.53. The average molecular weight is 404 g/mol. The van der Waals surface area contributed by atoms with Crippen molar-refractivity contribution in [2.45, 2.75) is 36.8 Å². The molecule has 2 aliphatic heterocycles. The summed E-state index contributed by atoms with van der Waals surface area (Å²) < 4.78 is 22.3. The van der Waals surface area contributed by atoms with Crippen LogP contribution in [0, 0.1) is 11.7 Å². The molecule has 0 aromatic carbocycles. The standard InChI is InChI=1S/C22H21FN6O/c1-13-16-11-25-29-7-3-18(26-19(16)29)28-6-2-14-9-22(14,28)17-8-15(23)10-24-20(17)30-12-21(27-13)4-5-21/h3,7-8,10-11,14,27H,1-2,4-6,9,12H2/t14-,22+/m0/s1. The molecule has 0 radical (unpaired) electrons. The molecule has 4 aliphatic rings. The Kier molecular flexibility index (Phi) is 2.94. The van der Waals surface area contributed by atoms with Crippen LogP contribution in [0.5, 0.6) is 5.88 Å². The van der Waals surface area contributed by atoms with Gasteiger partial charge in [0.2, 0.25) is 5.88 Å². The van der Waals surface area contributed by atoms with Crippen LogP contribution in [0.25, 0.3) is 11.3 Å². The number of nitrogens with one attached hydrogen (secondary N) is 1. The molecular weight excluding hydrogens is 383 g/mol. The number of anilines is 1. The molecule has 2 atom stereocenters. The van der Waals surface area contributed by atoms with E-state index in [1.54, 1.807) is 10.6 Å². The molecule has 7 rings (SSSR count). The van der Waals surface area contributed by atoms with Crippen LogP contribution in [-0.4, -0.2) is 38.3 Å². The summed E-state index contributed by atoms with van der Waals surface area (Å²) in [6.45, 7) is 5.59. The predicted molar refractivity (Wildman–Crippen MR) is 109 cm³/mol. The third-order valence-electron chi connectivity index (χ3n) is 7.25. The fraction of sp³-hybridized carbons (Fsp3) is 0.409. The van der Waals surface area contributed by atoms with Crippen molar-refractivity contribution < 1.29 is 9.13 Å². The van der Waals surface area contributed by atoms with Gasteiger partial charge in [-0.25, -0.2) is 18.9 Å². The Morgan fingerprint density at radius 2 is 2.20 bits per heavy atom. The fourth-order valence-electron chi connectivity index (χ4n) is 5.39. The number of pyridine rings is 1. The van der Waals surface area contributed by atoms with Gasteiger partial charge in [0.1, 0.15) is 18.2 Å². The first-order chi connectivity index (χ1) is 14.6. The van der Waals surface area contributed by atoms with Gasteiger partial charge in [0.05, 0.1) is 29.0 Å². The molecule has 3 aromatic rings. The lowest BCUT2D eigenvalue weighted by Crippen LogP contribution is -2.37. The molecule has 1 saturated heterocycles. The second-order valence-corrected chi connectivity index (χ2v) is 9.06. The molecule has 2 bridgehead atoms. The maximum Gasteiger partial charge on any atom is 0.219 e. The summed E-state index contributed by atoms with van der Waals surface area (Å²) in [4.78, 5) is 11.6. The van der Waals surface area contributed by atoms with Crippen LogP contribution in [-0.2, 0) is 5.54 Å². The van der Waals surface area contributed by atoms with Gasteiger partial charge in [0.15, 0.2) is 5.65 Å². The molecule has 3 fully saturated rings. The zero-order valence-electron chi connectivity index (χ0n) is 16.4. The van der Waals surface area contributed by atoms with Gasteiger partial charge in [0.25, 0.3) is 0 Å². The largest absolute Gasteiger partial charge is 0.475 e. The Hall–Kier alpha value is -3.16. The molecule has 0 amide bonds. The van der Waals surface area contributed by atoms with Crippen LogP contribution < -0.4 is 15.0 Å². The van der Waals surface area contributed by atoms with Gasteiger partial charge in [-0.2, -0.15) is 5.10 Å². The Balaban J connectivity index is 1.46. The normalized spacial score (nSPS) is 28.0. The van der Waals surface area contributed by atoms with Gasteiger partial charge in [-0.15, -0.1) is 0 Å². The van der Waals surface area contributed by atoms with Crippen molar-refractivity contribution in [2.75, 3.05) is 18.1 Å². The highest BCUT2D eigenvalue weighted by Gasteiger charge is 2.65. The molecule has 152 valence electrons. The maximum atomic E-state index is 14.3. The van der Waals surface area contributed by atoms with E-state index in [0.717, 1.165) is 60.5 Å². The van der Waals surface area contributed by atoms with Crippen LogP contribution >= 0.6 is 0 Å². The second kappa shape index (κ2) is 5.30. The van der Waals surface area contributed by atoms with E-state index in [-0.39, 0.29) is 16.9 Å². The van der Waals surface area contributed by atoms with E-state index >= 15 is 0 Å². The summed E-state index contributed by atoms with van der Waals surface area (Å²) in [5, 5.41) is 8.00. The summed E-state index contributed by atoms with van der Waals surface area (Å²) in [7, 11) is 0. The first-order valence-electron chi connectivity index (χ1n) is 10.5. The minimum Gasteiger partial charge on any atom is -0.475 e. The van der Waals surface area contributed by atoms with Gasteiger partial charge in [-0.3, -0.25) is 0 Å². The number of halogens is 1. The molecule has 8 heteroatoms. The smallest absolute Gasteiger partial charge is 0.219 e. The van der Waals surface area contributed by atoms with Crippen molar-refractivity contribution in [1.29, 1.82) is 0 Å². The summed E-state index contributed by atoms with van der Waals surface area (Å²) in [5.41, 5.74) is 2.82. The lowest BCUT2D eigenvalue weighted by Gasteiger charge is -2.31. The Labute approximate surface area is 172 Å². The lowest BCUT2D eigenvalue weighted by molar-refractivity contribution is 0.251. The highest BCUT2D eigenvalue weighted by Crippen LogP contribution is 2.64. The Bertz CT molecular complexity index is 1230. The van der Waals surface area contributed by atoms with Crippen LogP contribution in [0.2, 0.25) is 0 Å². The highest BCUT2D eigenvalue weighted by molar-refractivity contribution is 5.75. The zero-order chi connectivity index (χ0) is 20.1. The average Bonchev–Trinajstić information content (AvgIpc) is 3.58. The predicted octanol–water partition coefficient (Wildman–Crippen LogP) is 2.87. The second-order valence-electron chi connectivity index (χ2n) is 9.06. The summed E-state index contributed by atoms with van der Waals surface area (Å²) in [6, 6.07) is 3.59. The van der Waals surface area contributed by atoms with Crippen LogP contribution in [0.4, 0.5) is 10.2 Å². The molecule has 3 aromatic heterocycles. The quantitative estimate of drug-likeness (QED) is 0.622. The third kappa shape index (κ3) is 2.11. The summed E-state index contributed by atoms with van der Waals surface area (Å²) >= 11 is 0. The van der Waals surface area contributed by atoms with Gasteiger partial charge in [-0.05, 0) is 43.7 Å². The SMILES string of the molecule is C=C1NC2(CC2)COc2ncc(F)cc2[C@@]23C[C@@H]2CCN3c2ccn3ncc1c3n2. The van der Waals surface area contributed by atoms with E-state index in [4.69, 9.17) is 9.72 Å². The fourth-order valence-corrected chi connectivity index (χ4v) is 5.39. The first-order valence-corrected chi connectivity index (χ1v) is 10.5. The van der Waals surface area contributed by atoms with Crippen LogP contribution in [0.1, 0.15) is 36.8 Å². The van der Waals surface area contributed by atoms with Gasteiger partial charge in [0, 0.05) is 24.0 Å². The van der Waals surface area contributed by atoms with Crippen molar-refractivity contribution in [3.63, 3.8) is 0 Å². The molecule has 2 spiro atoms. The van der Waals surface area contributed by atoms with Crippen LogP contribution in [0.15, 0.2) is 37.3 Å². The van der Waals surface area contributed by atoms with E-state index < -0.39 is 0 Å². The zero-order valence-corrected chi connectivity index (χ0v) is 16.4. The Morgan fingerprint density at radius 3 is 3.03 bits per heavy atom. The molecule has 7 nitrogen and oxygen atoms in total. The number of aromatic nitrogens is 4. The van der Waals surface area contributed by atoms with Crippen molar-refractivity contribution in [1.82, 2.24) is 24.9 Å². The van der Waals surface area contributed by atoms with Gasteiger partial charge >= 0.3 is 0 Å².